The average molecular weight is 343 g/mol. The zero-order valence-electron chi connectivity index (χ0n) is 12.4. The van der Waals surface area contributed by atoms with E-state index in [0.29, 0.717) is 10.2 Å². The highest BCUT2D eigenvalue weighted by Gasteiger charge is 2.32. The Kier molecular flexibility index (Phi) is 3.79. The maximum Gasteiger partial charge on any atom is 0.236 e. The number of anilines is 2. The molecule has 0 radical (unpaired) electrons. The minimum atomic E-state index is 0.0981. The molecule has 1 fully saturated rings. The maximum absolute atomic E-state index is 13.0. The Hall–Kier alpha value is -1.91. The van der Waals surface area contributed by atoms with Gasteiger partial charge in [-0.05, 0) is 43.2 Å². The number of halogens is 1. The molecule has 23 heavy (non-hydrogen) atoms. The molecule has 2 aromatic carbocycles. The first-order chi connectivity index (χ1) is 11.2. The van der Waals surface area contributed by atoms with Gasteiger partial charge in [-0.15, -0.1) is 0 Å². The van der Waals surface area contributed by atoms with E-state index < -0.39 is 0 Å². The Labute approximate surface area is 143 Å². The standard InChI is InChI=1S/C18H15ClN2OS/c19-13-7-4-8-14(11-13)21(17(22)12-5-3-6-12)18-20-15-9-1-2-10-16(15)23-18/h1-2,4,7-12H,3,5-6H2. The monoisotopic (exact) mass is 342 g/mol. The smallest absolute Gasteiger partial charge is 0.236 e. The maximum atomic E-state index is 13.0. The normalized spacial score (nSPS) is 14.7. The van der Waals surface area contributed by atoms with Crippen molar-refractivity contribution in [3.8, 4) is 0 Å². The molecular formula is C18H15ClN2OS. The van der Waals surface area contributed by atoms with Crippen molar-refractivity contribution >= 4 is 49.9 Å². The van der Waals surface area contributed by atoms with Crippen molar-refractivity contribution in [2.75, 3.05) is 4.90 Å². The molecule has 0 spiro atoms. The fourth-order valence-corrected chi connectivity index (χ4v) is 3.92. The van der Waals surface area contributed by atoms with Crippen LogP contribution in [0.15, 0.2) is 48.5 Å². The molecular weight excluding hydrogens is 328 g/mol. The quantitative estimate of drug-likeness (QED) is 0.637. The molecule has 0 bridgehead atoms. The first-order valence-corrected chi connectivity index (χ1v) is 8.87. The molecule has 0 unspecified atom stereocenters. The lowest BCUT2D eigenvalue weighted by Crippen LogP contribution is -2.35. The van der Waals surface area contributed by atoms with E-state index in [1.54, 1.807) is 4.90 Å². The van der Waals surface area contributed by atoms with E-state index in [1.807, 2.05) is 48.5 Å². The summed E-state index contributed by atoms with van der Waals surface area (Å²) in [5.74, 6) is 0.221. The predicted octanol–water partition coefficient (Wildman–Crippen LogP) is 5.41. The Morgan fingerprint density at radius 3 is 2.70 bits per heavy atom. The zero-order chi connectivity index (χ0) is 15.8. The second-order valence-electron chi connectivity index (χ2n) is 5.75. The SMILES string of the molecule is O=C(C1CCC1)N(c1cccc(Cl)c1)c1nc2ccccc2s1. The molecule has 1 aliphatic carbocycles. The van der Waals surface area contributed by atoms with Gasteiger partial charge >= 0.3 is 0 Å². The van der Waals surface area contributed by atoms with Crippen molar-refractivity contribution in [3.05, 3.63) is 53.6 Å². The fraction of sp³-hybridized carbons (Fsp3) is 0.222. The molecule has 1 amide bonds. The molecule has 1 saturated carbocycles. The van der Waals surface area contributed by atoms with Crippen LogP contribution in [0.4, 0.5) is 10.8 Å². The van der Waals surface area contributed by atoms with Crippen LogP contribution in [0.1, 0.15) is 19.3 Å². The van der Waals surface area contributed by atoms with Crippen molar-refractivity contribution in [3.63, 3.8) is 0 Å². The topological polar surface area (TPSA) is 33.2 Å². The third-order valence-corrected chi connectivity index (χ3v) is 5.47. The highest BCUT2D eigenvalue weighted by molar-refractivity contribution is 7.22. The number of aromatic nitrogens is 1. The number of rotatable bonds is 3. The number of para-hydroxylation sites is 1. The van der Waals surface area contributed by atoms with E-state index in [2.05, 4.69) is 4.98 Å². The zero-order valence-corrected chi connectivity index (χ0v) is 14.0. The summed E-state index contributed by atoms with van der Waals surface area (Å²) in [6.45, 7) is 0. The number of amides is 1. The van der Waals surface area contributed by atoms with Gasteiger partial charge in [0.1, 0.15) is 0 Å². The van der Waals surface area contributed by atoms with Crippen LogP contribution in [0.5, 0.6) is 0 Å². The third-order valence-electron chi connectivity index (χ3n) is 4.22. The van der Waals surface area contributed by atoms with Gasteiger partial charge in [0.25, 0.3) is 0 Å². The molecule has 1 aliphatic rings. The molecule has 1 heterocycles. The molecule has 0 atom stereocenters. The van der Waals surface area contributed by atoms with Crippen LogP contribution in [-0.4, -0.2) is 10.9 Å². The molecule has 5 heteroatoms. The van der Waals surface area contributed by atoms with E-state index in [9.17, 15) is 4.79 Å². The first-order valence-electron chi connectivity index (χ1n) is 7.67. The summed E-state index contributed by atoms with van der Waals surface area (Å²) in [4.78, 5) is 19.4. The van der Waals surface area contributed by atoms with E-state index in [4.69, 9.17) is 11.6 Å². The largest absolute Gasteiger partial charge is 0.274 e. The fourth-order valence-electron chi connectivity index (χ4n) is 2.74. The highest BCUT2D eigenvalue weighted by atomic mass is 35.5. The van der Waals surface area contributed by atoms with Crippen molar-refractivity contribution in [2.45, 2.75) is 19.3 Å². The summed E-state index contributed by atoms with van der Waals surface area (Å²) < 4.78 is 1.08. The van der Waals surface area contributed by atoms with Crippen LogP contribution < -0.4 is 4.90 Å². The van der Waals surface area contributed by atoms with Crippen LogP contribution in [0.25, 0.3) is 10.2 Å². The van der Waals surface area contributed by atoms with Crippen molar-refractivity contribution in [1.29, 1.82) is 0 Å². The molecule has 0 saturated heterocycles. The summed E-state index contributed by atoms with van der Waals surface area (Å²) in [7, 11) is 0. The second kappa shape index (κ2) is 5.95. The van der Waals surface area contributed by atoms with Crippen molar-refractivity contribution in [2.24, 2.45) is 5.92 Å². The van der Waals surface area contributed by atoms with Gasteiger partial charge in [0.2, 0.25) is 5.91 Å². The molecule has 4 rings (SSSR count). The van der Waals surface area contributed by atoms with E-state index in [-0.39, 0.29) is 11.8 Å². The van der Waals surface area contributed by atoms with Gasteiger partial charge in [0.05, 0.1) is 15.9 Å². The van der Waals surface area contributed by atoms with Crippen LogP contribution in [-0.2, 0) is 4.79 Å². The van der Waals surface area contributed by atoms with Crippen LogP contribution in [0, 0.1) is 5.92 Å². The molecule has 0 N–H and O–H groups in total. The predicted molar refractivity (Wildman–Crippen MR) is 95.6 cm³/mol. The van der Waals surface area contributed by atoms with Gasteiger partial charge in [-0.3, -0.25) is 9.69 Å². The molecule has 3 nitrogen and oxygen atoms in total. The van der Waals surface area contributed by atoms with Gasteiger partial charge in [0.15, 0.2) is 5.13 Å². The number of hydrogen-bond donors (Lipinski definition) is 0. The molecule has 3 aromatic rings. The number of carbonyl (C=O) groups excluding carboxylic acids is 1. The number of fused-ring (bicyclic) bond motifs is 1. The van der Waals surface area contributed by atoms with Crippen LogP contribution in [0.3, 0.4) is 0 Å². The number of thiazole rings is 1. The number of carbonyl (C=O) groups is 1. The lowest BCUT2D eigenvalue weighted by Gasteiger charge is -2.30. The Bertz CT molecular complexity index is 839. The van der Waals surface area contributed by atoms with E-state index in [1.165, 1.54) is 11.3 Å². The Balaban J connectivity index is 1.82. The van der Waals surface area contributed by atoms with Gasteiger partial charge < -0.3 is 0 Å². The van der Waals surface area contributed by atoms with Crippen molar-refractivity contribution < 1.29 is 4.79 Å². The summed E-state index contributed by atoms with van der Waals surface area (Å²) in [6.07, 6.45) is 3.04. The van der Waals surface area contributed by atoms with E-state index >= 15 is 0 Å². The number of nitrogens with zero attached hydrogens (tertiary/aromatic N) is 2. The van der Waals surface area contributed by atoms with Crippen molar-refractivity contribution in [1.82, 2.24) is 4.98 Å². The number of hydrogen-bond acceptors (Lipinski definition) is 3. The average Bonchev–Trinajstić information content (AvgIpc) is 2.89. The Morgan fingerprint density at radius 2 is 2.00 bits per heavy atom. The second-order valence-corrected chi connectivity index (χ2v) is 7.19. The Morgan fingerprint density at radius 1 is 1.17 bits per heavy atom. The summed E-state index contributed by atoms with van der Waals surface area (Å²) in [6, 6.07) is 15.4. The summed E-state index contributed by atoms with van der Waals surface area (Å²) >= 11 is 7.67. The lowest BCUT2D eigenvalue weighted by molar-refractivity contribution is -0.123. The lowest BCUT2D eigenvalue weighted by atomic mass is 9.84. The minimum absolute atomic E-state index is 0.0981. The highest BCUT2D eigenvalue weighted by Crippen LogP contribution is 2.38. The van der Waals surface area contributed by atoms with Crippen LogP contribution in [0.2, 0.25) is 5.02 Å². The third kappa shape index (κ3) is 2.73. The van der Waals surface area contributed by atoms with Gasteiger partial charge in [-0.25, -0.2) is 4.98 Å². The first kappa shape index (κ1) is 14.7. The van der Waals surface area contributed by atoms with Crippen LogP contribution >= 0.6 is 22.9 Å². The van der Waals surface area contributed by atoms with Gasteiger partial charge in [0, 0.05) is 10.9 Å². The summed E-state index contributed by atoms with van der Waals surface area (Å²) in [5.41, 5.74) is 1.70. The molecule has 0 aliphatic heterocycles. The minimum Gasteiger partial charge on any atom is -0.274 e. The molecule has 1 aromatic heterocycles. The summed E-state index contributed by atoms with van der Waals surface area (Å²) in [5, 5.41) is 1.33. The van der Waals surface area contributed by atoms with E-state index in [0.717, 1.165) is 35.2 Å². The van der Waals surface area contributed by atoms with Gasteiger partial charge in [-0.2, -0.15) is 0 Å². The number of benzene rings is 2. The molecule has 116 valence electrons. The van der Waals surface area contributed by atoms with Gasteiger partial charge in [-0.1, -0.05) is 47.6 Å².